The minimum Gasteiger partial charge on any atom is -0.320 e. The van der Waals surface area contributed by atoms with Crippen LogP contribution in [0.1, 0.15) is 67.7 Å². The Morgan fingerprint density at radius 3 is 2.53 bits per heavy atom. The van der Waals surface area contributed by atoms with Gasteiger partial charge < -0.3 is 4.90 Å². The van der Waals surface area contributed by atoms with E-state index < -0.39 is 0 Å². The largest absolute Gasteiger partial charge is 0.320 e. The van der Waals surface area contributed by atoms with E-state index in [-0.39, 0.29) is 29.8 Å². The number of carbonyl (C=O) groups excluding carboxylic acids is 1. The van der Waals surface area contributed by atoms with E-state index in [0.29, 0.717) is 17.7 Å². The summed E-state index contributed by atoms with van der Waals surface area (Å²) >= 11 is 0. The zero-order valence-electron chi connectivity index (χ0n) is 17.2. The average molecular weight is 406 g/mol. The fraction of sp³-hybridized carbons (Fsp3) is 0.440. The molecule has 2 aromatic carbocycles. The van der Waals surface area contributed by atoms with Gasteiger partial charge in [0, 0.05) is 18.0 Å². The van der Waals surface area contributed by atoms with Gasteiger partial charge in [-0.3, -0.25) is 10.1 Å². The summed E-state index contributed by atoms with van der Waals surface area (Å²) in [5, 5.41) is 12.4. The summed E-state index contributed by atoms with van der Waals surface area (Å²) in [5.41, 5.74) is 1.99. The number of nitrogens with one attached hydrogen (secondary N) is 1. The number of benzene rings is 2. The quantitative estimate of drug-likeness (QED) is 0.757. The van der Waals surface area contributed by atoms with Gasteiger partial charge in [0.1, 0.15) is 5.82 Å². The number of nitriles is 1. The second kappa shape index (κ2) is 9.40. The van der Waals surface area contributed by atoms with E-state index in [1.807, 2.05) is 29.2 Å². The molecular formula is C25H28FN3O. The highest BCUT2D eigenvalue weighted by Gasteiger charge is 2.40. The molecule has 0 aromatic heterocycles. The number of nitrogens with zero attached hydrogens (tertiary/aromatic N) is 2. The molecule has 0 spiro atoms. The van der Waals surface area contributed by atoms with Crippen molar-refractivity contribution in [1.82, 2.24) is 10.2 Å². The van der Waals surface area contributed by atoms with E-state index in [2.05, 4.69) is 17.4 Å². The van der Waals surface area contributed by atoms with Gasteiger partial charge in [-0.25, -0.2) is 4.39 Å². The van der Waals surface area contributed by atoms with E-state index >= 15 is 0 Å². The lowest BCUT2D eigenvalue weighted by atomic mass is 9.88. The van der Waals surface area contributed by atoms with Crippen LogP contribution < -0.4 is 5.32 Å². The second-order valence-corrected chi connectivity index (χ2v) is 8.40. The summed E-state index contributed by atoms with van der Waals surface area (Å²) in [6, 6.07) is 16.8. The predicted molar refractivity (Wildman–Crippen MR) is 114 cm³/mol. The Bertz CT molecular complexity index is 918. The Morgan fingerprint density at radius 1 is 1.07 bits per heavy atom. The van der Waals surface area contributed by atoms with E-state index in [4.69, 9.17) is 5.26 Å². The van der Waals surface area contributed by atoms with Crippen LogP contribution in [-0.4, -0.2) is 17.0 Å². The topological polar surface area (TPSA) is 56.1 Å². The monoisotopic (exact) mass is 405 g/mol. The molecule has 0 bridgehead atoms. The van der Waals surface area contributed by atoms with Crippen molar-refractivity contribution in [3.63, 3.8) is 0 Å². The Kier molecular flexibility index (Phi) is 6.44. The summed E-state index contributed by atoms with van der Waals surface area (Å²) < 4.78 is 14.3. The van der Waals surface area contributed by atoms with Crippen molar-refractivity contribution in [1.29, 1.82) is 5.26 Å². The molecule has 1 saturated carbocycles. The minimum atomic E-state index is -0.385. The molecule has 1 saturated heterocycles. The highest BCUT2D eigenvalue weighted by atomic mass is 19.1. The maximum Gasteiger partial charge on any atom is 0.227 e. The highest BCUT2D eigenvalue weighted by Crippen LogP contribution is 2.38. The third-order valence-corrected chi connectivity index (χ3v) is 6.49. The number of likely N-dealkylation sites (tertiary alicyclic amines) is 1. The third-order valence-electron chi connectivity index (χ3n) is 6.49. The SMILES string of the molecule is N#Cc1ccc(CNC2CCC(c3ccccc3)N2C(=O)C2CCCCC2)c(F)c1. The molecule has 2 unspecified atom stereocenters. The molecule has 30 heavy (non-hydrogen) atoms. The van der Waals surface area contributed by atoms with Crippen molar-refractivity contribution in [3.05, 3.63) is 71.0 Å². The highest BCUT2D eigenvalue weighted by molar-refractivity contribution is 5.80. The van der Waals surface area contributed by atoms with E-state index in [1.54, 1.807) is 12.1 Å². The average Bonchev–Trinajstić information content (AvgIpc) is 3.22. The Balaban J connectivity index is 1.53. The summed E-state index contributed by atoms with van der Waals surface area (Å²) in [7, 11) is 0. The smallest absolute Gasteiger partial charge is 0.227 e. The molecule has 1 amide bonds. The summed E-state index contributed by atoms with van der Waals surface area (Å²) in [4.78, 5) is 15.6. The van der Waals surface area contributed by atoms with Gasteiger partial charge in [-0.15, -0.1) is 0 Å². The predicted octanol–water partition coefficient (Wildman–Crippen LogP) is 5.06. The Labute approximate surface area is 177 Å². The van der Waals surface area contributed by atoms with Crippen LogP contribution in [0.5, 0.6) is 0 Å². The summed E-state index contributed by atoms with van der Waals surface area (Å²) in [5.74, 6) is -0.0535. The number of rotatable bonds is 5. The number of halogens is 1. The molecule has 2 atom stereocenters. The Morgan fingerprint density at radius 2 is 1.83 bits per heavy atom. The van der Waals surface area contributed by atoms with Crippen LogP contribution in [0.25, 0.3) is 0 Å². The van der Waals surface area contributed by atoms with Crippen LogP contribution in [0.15, 0.2) is 48.5 Å². The van der Waals surface area contributed by atoms with Gasteiger partial charge in [-0.05, 0) is 43.4 Å². The normalized spacial score (nSPS) is 22.1. The number of carbonyl (C=O) groups is 1. The fourth-order valence-electron chi connectivity index (χ4n) is 4.87. The van der Waals surface area contributed by atoms with Crippen molar-refractivity contribution >= 4 is 5.91 Å². The lowest BCUT2D eigenvalue weighted by Crippen LogP contribution is -2.48. The van der Waals surface area contributed by atoms with Crippen LogP contribution in [0.3, 0.4) is 0 Å². The van der Waals surface area contributed by atoms with Crippen LogP contribution in [0, 0.1) is 23.1 Å². The molecule has 1 aliphatic carbocycles. The molecule has 1 heterocycles. The molecule has 4 rings (SSSR count). The van der Waals surface area contributed by atoms with Crippen molar-refractivity contribution in [2.45, 2.75) is 63.7 Å². The fourth-order valence-corrected chi connectivity index (χ4v) is 4.87. The van der Waals surface area contributed by atoms with Crippen LogP contribution >= 0.6 is 0 Å². The molecule has 1 aliphatic heterocycles. The first-order valence-electron chi connectivity index (χ1n) is 11.0. The first-order chi connectivity index (χ1) is 14.7. The van der Waals surface area contributed by atoms with Gasteiger partial charge in [-0.2, -0.15) is 5.26 Å². The van der Waals surface area contributed by atoms with Crippen LogP contribution in [0.4, 0.5) is 4.39 Å². The molecule has 2 aromatic rings. The van der Waals surface area contributed by atoms with Gasteiger partial charge in [0.25, 0.3) is 0 Å². The summed E-state index contributed by atoms with van der Waals surface area (Å²) in [6.45, 7) is 0.332. The van der Waals surface area contributed by atoms with Crippen LogP contribution in [-0.2, 0) is 11.3 Å². The maximum absolute atomic E-state index is 14.3. The first kappa shape index (κ1) is 20.6. The van der Waals surface area contributed by atoms with E-state index in [9.17, 15) is 9.18 Å². The van der Waals surface area contributed by atoms with E-state index in [0.717, 1.165) is 44.1 Å². The second-order valence-electron chi connectivity index (χ2n) is 8.40. The lowest BCUT2D eigenvalue weighted by molar-refractivity contribution is -0.140. The molecule has 4 nitrogen and oxygen atoms in total. The van der Waals surface area contributed by atoms with Gasteiger partial charge in [0.2, 0.25) is 5.91 Å². The standard InChI is InChI=1S/C25H28FN3O/c26-22-15-18(16-27)11-12-21(22)17-28-24-14-13-23(19-7-3-1-4-8-19)29(24)25(30)20-9-5-2-6-10-20/h1,3-4,7-8,11-12,15,20,23-24,28H,2,5-6,9-10,13-14,17H2. The zero-order valence-corrected chi connectivity index (χ0v) is 17.2. The molecule has 2 fully saturated rings. The van der Waals surface area contributed by atoms with Gasteiger partial charge in [-0.1, -0.05) is 55.7 Å². The number of amides is 1. The zero-order chi connectivity index (χ0) is 20.9. The molecule has 1 N–H and O–H groups in total. The van der Waals surface area contributed by atoms with Gasteiger partial charge in [0.05, 0.1) is 23.8 Å². The maximum atomic E-state index is 14.3. The van der Waals surface area contributed by atoms with Gasteiger partial charge >= 0.3 is 0 Å². The number of hydrogen-bond acceptors (Lipinski definition) is 3. The first-order valence-corrected chi connectivity index (χ1v) is 11.0. The number of hydrogen-bond donors (Lipinski definition) is 1. The molecule has 0 radical (unpaired) electrons. The third kappa shape index (κ3) is 4.39. The Hall–Kier alpha value is -2.71. The van der Waals surface area contributed by atoms with Crippen molar-refractivity contribution in [3.8, 4) is 6.07 Å². The molecule has 2 aliphatic rings. The minimum absolute atomic E-state index is 0.0592. The lowest BCUT2D eigenvalue weighted by Gasteiger charge is -2.35. The molecule has 5 heteroatoms. The van der Waals surface area contributed by atoms with Crippen molar-refractivity contribution in [2.24, 2.45) is 5.92 Å². The van der Waals surface area contributed by atoms with Gasteiger partial charge in [0.15, 0.2) is 0 Å². The molecular weight excluding hydrogens is 377 g/mol. The van der Waals surface area contributed by atoms with E-state index in [1.165, 1.54) is 12.5 Å². The molecule has 156 valence electrons. The van der Waals surface area contributed by atoms with Crippen LogP contribution in [0.2, 0.25) is 0 Å². The van der Waals surface area contributed by atoms with Crippen molar-refractivity contribution < 1.29 is 9.18 Å². The van der Waals surface area contributed by atoms with Crippen molar-refractivity contribution in [2.75, 3.05) is 0 Å². The summed E-state index contributed by atoms with van der Waals surface area (Å²) in [6.07, 6.45) is 7.02.